The average molecular weight is 724 g/mol. The van der Waals surface area contributed by atoms with E-state index >= 15 is 0 Å². The fourth-order valence-corrected chi connectivity index (χ4v) is 5.74. The van der Waals surface area contributed by atoms with Crippen molar-refractivity contribution in [2.45, 2.75) is 145 Å². The molecule has 0 amide bonds. The Morgan fingerprint density at radius 1 is 0.735 bits per heavy atom. The van der Waals surface area contributed by atoms with Gasteiger partial charge in [0.05, 0.1) is 12.1 Å². The summed E-state index contributed by atoms with van der Waals surface area (Å²) in [4.78, 5) is 27.7. The van der Waals surface area contributed by atoms with Gasteiger partial charge in [-0.1, -0.05) is 81.4 Å². The first-order valence-electron chi connectivity index (χ1n) is 17.1. The number of benzene rings is 2. The standard InChI is InChI=1S/C36H54N2O2.2C2H4O2.Co/c1-23(2)14-25-16-27(33(39)31(18-25)35(5,6)7)21-37-29-12-11-13-30(20-29)38-22-28-17-26(15-24(3)4)19-32(34(28)40)36(8,9)10;2*1-2(3)4;/h16-19,21-24,29-30,39-40H,11-15,20H2,1-10H3;2*1H3,(H,3,4);/q;;;+2/p-2. The maximum atomic E-state index is 11.1. The molecule has 1 fully saturated rings. The fourth-order valence-electron chi connectivity index (χ4n) is 5.74. The van der Waals surface area contributed by atoms with Crippen LogP contribution in [-0.2, 0) is 50.0 Å². The Kier molecular flexibility index (Phi) is 19.2. The molecule has 3 rings (SSSR count). The third kappa shape index (κ3) is 17.4. The summed E-state index contributed by atoms with van der Waals surface area (Å²) < 4.78 is 0. The van der Waals surface area contributed by atoms with Gasteiger partial charge < -0.3 is 30.0 Å². The van der Waals surface area contributed by atoms with E-state index in [1.165, 1.54) is 11.1 Å². The number of aromatic hydroxyl groups is 2. The predicted molar refractivity (Wildman–Crippen MR) is 193 cm³/mol. The second-order valence-electron chi connectivity index (χ2n) is 15.9. The van der Waals surface area contributed by atoms with E-state index in [2.05, 4.69) is 93.5 Å². The quantitative estimate of drug-likeness (QED) is 0.300. The van der Waals surface area contributed by atoms with E-state index in [-0.39, 0.29) is 39.7 Å². The number of carboxylic acids is 2. The van der Waals surface area contributed by atoms with Crippen molar-refractivity contribution >= 4 is 24.4 Å². The molecule has 2 unspecified atom stereocenters. The number of carboxylic acid groups (broad SMARTS) is 2. The number of nitrogens with zero attached hydrogens (tertiary/aromatic N) is 2. The molecule has 0 bridgehead atoms. The molecule has 2 atom stereocenters. The van der Waals surface area contributed by atoms with Gasteiger partial charge in [-0.2, -0.15) is 0 Å². The molecule has 0 aromatic heterocycles. The predicted octanol–water partition coefficient (Wildman–Crippen LogP) is 6.45. The maximum Gasteiger partial charge on any atom is 2.00 e. The van der Waals surface area contributed by atoms with Gasteiger partial charge in [-0.25, -0.2) is 0 Å². The van der Waals surface area contributed by atoms with Crippen molar-refractivity contribution in [2.75, 3.05) is 0 Å². The van der Waals surface area contributed by atoms with Gasteiger partial charge in [0, 0.05) is 46.6 Å². The number of hydrogen-bond acceptors (Lipinski definition) is 8. The van der Waals surface area contributed by atoms with E-state index < -0.39 is 11.9 Å². The molecule has 1 saturated carbocycles. The summed E-state index contributed by atoms with van der Waals surface area (Å²) in [5.74, 6) is -0.380. The van der Waals surface area contributed by atoms with E-state index in [1.807, 2.05) is 12.4 Å². The van der Waals surface area contributed by atoms with Crippen LogP contribution in [0.15, 0.2) is 34.3 Å². The van der Waals surface area contributed by atoms with Crippen molar-refractivity contribution in [3.63, 3.8) is 0 Å². The van der Waals surface area contributed by atoms with Gasteiger partial charge in [-0.05, 0) is 98.3 Å². The minimum atomic E-state index is -1.08. The fraction of sp³-hybridized carbons (Fsp3) is 0.600. The first-order chi connectivity index (χ1) is 22.0. The molecule has 275 valence electrons. The maximum absolute atomic E-state index is 11.1. The molecule has 2 aromatic rings. The number of rotatable bonds is 8. The van der Waals surface area contributed by atoms with Gasteiger partial charge in [0.25, 0.3) is 0 Å². The summed E-state index contributed by atoms with van der Waals surface area (Å²) in [6.07, 6.45) is 9.76. The monoisotopic (exact) mass is 723 g/mol. The van der Waals surface area contributed by atoms with Crippen LogP contribution < -0.4 is 10.2 Å². The van der Waals surface area contributed by atoms with Crippen LogP contribution in [0.1, 0.15) is 142 Å². The molecule has 1 aliphatic rings. The number of carbonyl (C=O) groups is 2. The zero-order chi connectivity index (χ0) is 37.0. The molecule has 1 aliphatic carbocycles. The molecule has 0 spiro atoms. The Labute approximate surface area is 305 Å². The molecule has 9 heteroatoms. The van der Waals surface area contributed by atoms with Gasteiger partial charge in [-0.15, -0.1) is 0 Å². The Morgan fingerprint density at radius 3 is 1.31 bits per heavy atom. The molecule has 8 nitrogen and oxygen atoms in total. The van der Waals surface area contributed by atoms with Crippen molar-refractivity contribution in [2.24, 2.45) is 21.8 Å². The van der Waals surface area contributed by atoms with Crippen molar-refractivity contribution in [1.82, 2.24) is 0 Å². The van der Waals surface area contributed by atoms with E-state index in [9.17, 15) is 10.2 Å². The number of aliphatic carboxylic acids is 2. The molecule has 2 aromatic carbocycles. The van der Waals surface area contributed by atoms with Gasteiger partial charge in [0.2, 0.25) is 0 Å². The SMILES string of the molecule is CC(=O)[O-].CC(=O)[O-].CC(C)Cc1cc(C=NC2CCCC(N=Cc3cc(CC(C)C)cc(C(C)(C)C)c3O)C2)c(O)c(C(C)(C)C)c1.[Co+2]. The van der Waals surface area contributed by atoms with Crippen LogP contribution in [0.5, 0.6) is 11.5 Å². The van der Waals surface area contributed by atoms with Crippen molar-refractivity contribution in [1.29, 1.82) is 0 Å². The number of carbonyl (C=O) groups excluding carboxylic acids is 2. The van der Waals surface area contributed by atoms with Crippen LogP contribution >= 0.6 is 0 Å². The van der Waals surface area contributed by atoms with E-state index in [0.717, 1.165) is 74.6 Å². The van der Waals surface area contributed by atoms with Crippen LogP contribution in [0.3, 0.4) is 0 Å². The summed E-state index contributed by atoms with van der Waals surface area (Å²) in [5, 5.41) is 40.0. The molecule has 49 heavy (non-hydrogen) atoms. The molecule has 0 heterocycles. The zero-order valence-corrected chi connectivity index (χ0v) is 32.8. The van der Waals surface area contributed by atoms with E-state index in [1.54, 1.807) is 0 Å². The Bertz CT molecular complexity index is 1300. The second kappa shape index (κ2) is 20.5. The summed E-state index contributed by atoms with van der Waals surface area (Å²) in [6.45, 7) is 23.7. The first-order valence-corrected chi connectivity index (χ1v) is 17.1. The average Bonchev–Trinajstić information content (AvgIpc) is 2.91. The third-order valence-electron chi connectivity index (χ3n) is 7.77. The normalized spacial score (nSPS) is 16.5. The number of aliphatic imine (C=N–C) groups is 2. The van der Waals surface area contributed by atoms with Crippen LogP contribution in [-0.4, -0.2) is 46.7 Å². The van der Waals surface area contributed by atoms with Gasteiger partial charge >= 0.3 is 16.8 Å². The van der Waals surface area contributed by atoms with Crippen molar-refractivity contribution in [3.8, 4) is 11.5 Å². The van der Waals surface area contributed by atoms with E-state index in [0.29, 0.717) is 23.3 Å². The summed E-state index contributed by atoms with van der Waals surface area (Å²) >= 11 is 0. The molecule has 2 N–H and O–H groups in total. The minimum absolute atomic E-state index is 0. The van der Waals surface area contributed by atoms with Crippen molar-refractivity contribution in [3.05, 3.63) is 57.6 Å². The number of phenols is 2. The van der Waals surface area contributed by atoms with E-state index in [4.69, 9.17) is 29.8 Å². The Morgan fingerprint density at radius 2 is 1.04 bits per heavy atom. The van der Waals surface area contributed by atoms with Crippen LogP contribution in [0.2, 0.25) is 0 Å². The Hall–Kier alpha value is -3.17. The number of phenolic OH excluding ortho intramolecular Hbond substituents is 2. The smallest absolute Gasteiger partial charge is 0.550 e. The minimum Gasteiger partial charge on any atom is -0.550 e. The largest absolute Gasteiger partial charge is 2.00 e. The van der Waals surface area contributed by atoms with Crippen molar-refractivity contribution < 1.29 is 46.8 Å². The second-order valence-corrected chi connectivity index (χ2v) is 15.9. The van der Waals surface area contributed by atoms with Gasteiger partial charge in [0.1, 0.15) is 11.5 Å². The molecular weight excluding hydrogens is 663 g/mol. The Balaban J connectivity index is 0.00000230. The van der Waals surface area contributed by atoms with Crippen LogP contribution in [0, 0.1) is 11.8 Å². The molecular formula is C40H60CoN2O6. The zero-order valence-electron chi connectivity index (χ0n) is 31.8. The summed E-state index contributed by atoms with van der Waals surface area (Å²) in [5.41, 5.74) is 5.80. The summed E-state index contributed by atoms with van der Waals surface area (Å²) in [6, 6.07) is 8.88. The van der Waals surface area contributed by atoms with Crippen LogP contribution in [0.25, 0.3) is 0 Å². The molecule has 0 saturated heterocycles. The summed E-state index contributed by atoms with van der Waals surface area (Å²) in [7, 11) is 0. The third-order valence-corrected chi connectivity index (χ3v) is 7.77. The van der Waals surface area contributed by atoms with Crippen LogP contribution in [0.4, 0.5) is 0 Å². The first kappa shape index (κ1) is 45.8. The molecule has 0 aliphatic heterocycles. The number of hydrogen-bond donors (Lipinski definition) is 2. The van der Waals surface area contributed by atoms with Gasteiger partial charge in [0.15, 0.2) is 0 Å². The topological polar surface area (TPSA) is 145 Å². The van der Waals surface area contributed by atoms with Gasteiger partial charge in [-0.3, -0.25) is 9.98 Å². The molecule has 1 radical (unpaired) electrons.